The first-order valence-electron chi connectivity index (χ1n) is 7.66. The maximum Gasteiger partial charge on any atom is 0.323 e. The van der Waals surface area contributed by atoms with Gasteiger partial charge in [-0.05, 0) is 25.3 Å². The van der Waals surface area contributed by atoms with Crippen molar-refractivity contribution in [1.82, 2.24) is 0 Å². The van der Waals surface area contributed by atoms with Gasteiger partial charge in [-0.3, -0.25) is 19.2 Å². The van der Waals surface area contributed by atoms with Crippen molar-refractivity contribution in [3.8, 4) is 0 Å². The van der Waals surface area contributed by atoms with E-state index >= 15 is 0 Å². The molecular weight excluding hydrogens is 344 g/mol. The Kier molecular flexibility index (Phi) is 10.4. The molecule has 0 aromatic rings. The average Bonchev–Trinajstić information content (AvgIpc) is 2.67. The molecular formula is C18H24O8. The maximum atomic E-state index is 12.2. The Hall–Kier alpha value is -2.86. The molecule has 0 atom stereocenters. The van der Waals surface area contributed by atoms with Crippen molar-refractivity contribution in [2.24, 2.45) is 11.3 Å². The highest BCUT2D eigenvalue weighted by Crippen LogP contribution is 2.31. The number of carbonyl (C=O) groups excluding carboxylic acids is 4. The number of hydrogen-bond donors (Lipinski definition) is 0. The molecule has 0 radical (unpaired) electrons. The molecule has 0 aliphatic carbocycles. The van der Waals surface area contributed by atoms with Gasteiger partial charge in [0.1, 0.15) is 0 Å². The SMILES string of the molecule is C=C=CCC(C/C=C\CC(C(=O)OC)C(=O)OC)(C(=O)OC)C(=O)OC. The molecule has 144 valence electrons. The van der Waals surface area contributed by atoms with Crippen molar-refractivity contribution in [3.05, 3.63) is 30.5 Å². The van der Waals surface area contributed by atoms with Crippen LogP contribution in [-0.4, -0.2) is 52.3 Å². The third-order valence-corrected chi connectivity index (χ3v) is 3.72. The van der Waals surface area contributed by atoms with Crippen molar-refractivity contribution in [2.75, 3.05) is 28.4 Å². The van der Waals surface area contributed by atoms with E-state index in [1.165, 1.54) is 18.2 Å². The number of carbonyl (C=O) groups is 4. The highest BCUT2D eigenvalue weighted by Gasteiger charge is 2.46. The van der Waals surface area contributed by atoms with Crippen molar-refractivity contribution < 1.29 is 38.1 Å². The molecule has 0 spiro atoms. The Morgan fingerprint density at radius 1 is 0.885 bits per heavy atom. The second-order valence-electron chi connectivity index (χ2n) is 5.19. The van der Waals surface area contributed by atoms with E-state index in [0.717, 1.165) is 28.4 Å². The molecule has 0 saturated carbocycles. The Labute approximate surface area is 152 Å². The predicted octanol–water partition coefficient (Wildman–Crippen LogP) is 1.35. The zero-order chi connectivity index (χ0) is 20.2. The highest BCUT2D eigenvalue weighted by atomic mass is 16.6. The summed E-state index contributed by atoms with van der Waals surface area (Å²) in [6.45, 7) is 3.41. The number of ether oxygens (including phenoxy) is 4. The van der Waals surface area contributed by atoms with Crippen molar-refractivity contribution in [3.63, 3.8) is 0 Å². The number of hydrogen-bond acceptors (Lipinski definition) is 8. The molecule has 0 rings (SSSR count). The zero-order valence-electron chi connectivity index (χ0n) is 15.4. The molecule has 8 nitrogen and oxygen atoms in total. The summed E-state index contributed by atoms with van der Waals surface area (Å²) in [5, 5.41) is 0. The van der Waals surface area contributed by atoms with Gasteiger partial charge in [0.2, 0.25) is 0 Å². The molecule has 0 aliphatic heterocycles. The Bertz CT molecular complexity index is 566. The Morgan fingerprint density at radius 2 is 1.38 bits per heavy atom. The molecule has 0 bridgehead atoms. The summed E-state index contributed by atoms with van der Waals surface area (Å²) in [4.78, 5) is 47.7. The lowest BCUT2D eigenvalue weighted by Crippen LogP contribution is -2.40. The molecule has 0 aliphatic rings. The van der Waals surface area contributed by atoms with E-state index in [-0.39, 0.29) is 19.3 Å². The van der Waals surface area contributed by atoms with Gasteiger partial charge >= 0.3 is 23.9 Å². The minimum absolute atomic E-state index is 0.0188. The van der Waals surface area contributed by atoms with Gasteiger partial charge in [0.05, 0.1) is 28.4 Å². The van der Waals surface area contributed by atoms with Gasteiger partial charge < -0.3 is 18.9 Å². The molecule has 0 aromatic heterocycles. The smallest absolute Gasteiger partial charge is 0.323 e. The molecule has 0 saturated heterocycles. The van der Waals surface area contributed by atoms with E-state index in [1.807, 2.05) is 0 Å². The van der Waals surface area contributed by atoms with Crippen LogP contribution in [-0.2, 0) is 38.1 Å². The third kappa shape index (κ3) is 5.89. The summed E-state index contributed by atoms with van der Waals surface area (Å²) in [5.41, 5.74) is 0.883. The van der Waals surface area contributed by atoms with E-state index in [9.17, 15) is 19.2 Å². The van der Waals surface area contributed by atoms with Crippen LogP contribution in [0.1, 0.15) is 19.3 Å². The van der Waals surface area contributed by atoms with Gasteiger partial charge in [0, 0.05) is 0 Å². The minimum atomic E-state index is -1.61. The van der Waals surface area contributed by atoms with Crippen LogP contribution in [0.4, 0.5) is 0 Å². The second kappa shape index (κ2) is 11.7. The third-order valence-electron chi connectivity index (χ3n) is 3.72. The van der Waals surface area contributed by atoms with Crippen LogP contribution in [0.5, 0.6) is 0 Å². The predicted molar refractivity (Wildman–Crippen MR) is 90.7 cm³/mol. The molecule has 0 fully saturated rings. The fourth-order valence-corrected chi connectivity index (χ4v) is 2.23. The fourth-order valence-electron chi connectivity index (χ4n) is 2.23. The summed E-state index contributed by atoms with van der Waals surface area (Å²) < 4.78 is 18.6. The molecule has 0 unspecified atom stereocenters. The number of methoxy groups -OCH3 is 4. The number of esters is 4. The van der Waals surface area contributed by atoms with Gasteiger partial charge in [-0.15, -0.1) is 5.73 Å². The van der Waals surface area contributed by atoms with E-state index < -0.39 is 35.2 Å². The molecule has 0 N–H and O–H groups in total. The quantitative estimate of drug-likeness (QED) is 0.187. The highest BCUT2D eigenvalue weighted by molar-refractivity contribution is 6.00. The monoisotopic (exact) mass is 368 g/mol. The Morgan fingerprint density at radius 3 is 1.77 bits per heavy atom. The molecule has 0 amide bonds. The van der Waals surface area contributed by atoms with Crippen molar-refractivity contribution >= 4 is 23.9 Å². The standard InChI is InChI=1S/C18H24O8/c1-6-7-11-18(16(21)25-4,17(22)26-5)12-9-8-10-13(14(19)23-2)15(20)24-3/h7-9,13H,1,10-12H2,2-5H3/b9-8-. The minimum Gasteiger partial charge on any atom is -0.468 e. The normalized spacial score (nSPS) is 10.8. The van der Waals surface area contributed by atoms with Crippen LogP contribution in [0.2, 0.25) is 0 Å². The molecule has 0 heterocycles. The number of rotatable bonds is 10. The second-order valence-corrected chi connectivity index (χ2v) is 5.19. The van der Waals surface area contributed by atoms with E-state index in [4.69, 9.17) is 9.47 Å². The molecule has 26 heavy (non-hydrogen) atoms. The lowest BCUT2D eigenvalue weighted by molar-refractivity contribution is -0.169. The van der Waals surface area contributed by atoms with Crippen LogP contribution >= 0.6 is 0 Å². The first-order chi connectivity index (χ1) is 12.3. The molecule has 0 aromatic carbocycles. The van der Waals surface area contributed by atoms with Crippen molar-refractivity contribution in [2.45, 2.75) is 19.3 Å². The largest absolute Gasteiger partial charge is 0.468 e. The van der Waals surface area contributed by atoms with Gasteiger partial charge in [0.15, 0.2) is 11.3 Å². The first kappa shape index (κ1) is 23.1. The van der Waals surface area contributed by atoms with Crippen LogP contribution in [0, 0.1) is 11.3 Å². The lowest BCUT2D eigenvalue weighted by atomic mass is 9.80. The lowest BCUT2D eigenvalue weighted by Gasteiger charge is -2.25. The van der Waals surface area contributed by atoms with E-state index in [2.05, 4.69) is 21.8 Å². The van der Waals surface area contributed by atoms with E-state index in [1.54, 1.807) is 0 Å². The summed E-state index contributed by atoms with van der Waals surface area (Å²) in [7, 11) is 4.63. The number of allylic oxidation sites excluding steroid dienone is 3. The first-order valence-corrected chi connectivity index (χ1v) is 7.66. The van der Waals surface area contributed by atoms with Gasteiger partial charge in [0.25, 0.3) is 0 Å². The summed E-state index contributed by atoms with van der Waals surface area (Å²) >= 11 is 0. The summed E-state index contributed by atoms with van der Waals surface area (Å²) in [6.07, 6.45) is 4.28. The fraction of sp³-hybridized carbons (Fsp3) is 0.500. The van der Waals surface area contributed by atoms with Gasteiger partial charge in [-0.2, -0.15) is 0 Å². The molecule has 8 heteroatoms. The summed E-state index contributed by atoms with van der Waals surface area (Å²) in [5.74, 6) is -4.19. The topological polar surface area (TPSA) is 105 Å². The van der Waals surface area contributed by atoms with Crippen molar-refractivity contribution in [1.29, 1.82) is 0 Å². The summed E-state index contributed by atoms with van der Waals surface area (Å²) in [6, 6.07) is 0. The van der Waals surface area contributed by atoms with Gasteiger partial charge in [-0.1, -0.05) is 18.7 Å². The van der Waals surface area contributed by atoms with Gasteiger partial charge in [-0.25, -0.2) is 0 Å². The van der Waals surface area contributed by atoms with Crippen LogP contribution in [0.25, 0.3) is 0 Å². The zero-order valence-corrected chi connectivity index (χ0v) is 15.4. The Balaban J connectivity index is 5.45. The average molecular weight is 368 g/mol. The van der Waals surface area contributed by atoms with Crippen LogP contribution < -0.4 is 0 Å². The van der Waals surface area contributed by atoms with Crippen LogP contribution in [0.15, 0.2) is 30.5 Å². The van der Waals surface area contributed by atoms with Crippen LogP contribution in [0.3, 0.4) is 0 Å². The van der Waals surface area contributed by atoms with E-state index in [0.29, 0.717) is 0 Å². The maximum absolute atomic E-state index is 12.2.